The van der Waals surface area contributed by atoms with Crippen molar-refractivity contribution in [3.8, 4) is 0 Å². The van der Waals surface area contributed by atoms with Gasteiger partial charge in [-0.3, -0.25) is 4.99 Å². The average Bonchev–Trinajstić information content (AvgIpc) is 2.75. The molecule has 0 atom stereocenters. The number of sulfonamides is 1. The van der Waals surface area contributed by atoms with E-state index in [2.05, 4.69) is 15.6 Å². The Labute approximate surface area is 178 Å². The van der Waals surface area contributed by atoms with Crippen LogP contribution in [0.2, 0.25) is 5.02 Å². The first-order valence-electron chi connectivity index (χ1n) is 9.73. The van der Waals surface area contributed by atoms with Gasteiger partial charge in [0.2, 0.25) is 10.0 Å². The molecule has 1 saturated heterocycles. The van der Waals surface area contributed by atoms with Crippen molar-refractivity contribution in [2.75, 3.05) is 26.7 Å². The Bertz CT molecular complexity index is 927. The summed E-state index contributed by atoms with van der Waals surface area (Å²) in [5, 5.41) is 7.34. The van der Waals surface area contributed by atoms with Gasteiger partial charge in [-0.2, -0.15) is 4.31 Å². The first-order valence-corrected chi connectivity index (χ1v) is 11.5. The molecule has 1 fully saturated rings. The number of piperidine rings is 1. The second kappa shape index (κ2) is 10.1. The number of hydrogen-bond acceptors (Lipinski definition) is 3. The Morgan fingerprint density at radius 1 is 1.10 bits per heavy atom. The molecule has 156 valence electrons. The second-order valence-electron chi connectivity index (χ2n) is 7.10. The lowest BCUT2D eigenvalue weighted by Crippen LogP contribution is -2.44. The molecule has 29 heavy (non-hydrogen) atoms. The maximum Gasteiger partial charge on any atom is 0.243 e. The van der Waals surface area contributed by atoms with Crippen molar-refractivity contribution >= 4 is 27.6 Å². The minimum absolute atomic E-state index is 0.363. The Morgan fingerprint density at radius 2 is 1.83 bits per heavy atom. The van der Waals surface area contributed by atoms with Gasteiger partial charge >= 0.3 is 0 Å². The summed E-state index contributed by atoms with van der Waals surface area (Å²) in [4.78, 5) is 4.62. The van der Waals surface area contributed by atoms with Crippen LogP contribution in [0.3, 0.4) is 0 Å². The summed E-state index contributed by atoms with van der Waals surface area (Å²) < 4.78 is 27.0. The van der Waals surface area contributed by atoms with E-state index in [0.29, 0.717) is 35.5 Å². The number of nitrogens with zero attached hydrogens (tertiary/aromatic N) is 2. The van der Waals surface area contributed by atoms with E-state index in [-0.39, 0.29) is 0 Å². The lowest BCUT2D eigenvalue weighted by Gasteiger charge is -2.31. The van der Waals surface area contributed by atoms with E-state index in [0.717, 1.165) is 30.9 Å². The zero-order valence-corrected chi connectivity index (χ0v) is 18.1. The molecule has 6 nitrogen and oxygen atoms in total. The zero-order valence-electron chi connectivity index (χ0n) is 16.5. The van der Waals surface area contributed by atoms with Crippen LogP contribution in [0.4, 0.5) is 0 Å². The highest BCUT2D eigenvalue weighted by molar-refractivity contribution is 7.89. The Kier molecular flexibility index (Phi) is 7.52. The second-order valence-corrected chi connectivity index (χ2v) is 9.47. The number of benzene rings is 2. The number of rotatable bonds is 6. The van der Waals surface area contributed by atoms with Gasteiger partial charge in [-0.1, -0.05) is 41.9 Å². The van der Waals surface area contributed by atoms with Gasteiger partial charge in [-0.05, 0) is 48.6 Å². The van der Waals surface area contributed by atoms with Crippen LogP contribution in [0.25, 0.3) is 0 Å². The van der Waals surface area contributed by atoms with Crippen molar-refractivity contribution in [3.05, 3.63) is 65.2 Å². The molecule has 1 aliphatic rings. The van der Waals surface area contributed by atoms with Crippen LogP contribution >= 0.6 is 11.6 Å². The van der Waals surface area contributed by atoms with Crippen LogP contribution in [0.1, 0.15) is 18.4 Å². The largest absolute Gasteiger partial charge is 0.356 e. The molecule has 0 bridgehead atoms. The molecule has 0 radical (unpaired) electrons. The van der Waals surface area contributed by atoms with Crippen LogP contribution < -0.4 is 10.6 Å². The molecule has 0 saturated carbocycles. The molecule has 1 heterocycles. The normalized spacial score (nSPS) is 16.6. The van der Waals surface area contributed by atoms with Crippen LogP contribution in [0, 0.1) is 5.92 Å². The number of guanidine groups is 1. The maximum atomic E-state index is 12.7. The molecular formula is C21H27ClN4O2S. The van der Waals surface area contributed by atoms with Gasteiger partial charge in [0, 0.05) is 38.2 Å². The summed E-state index contributed by atoms with van der Waals surface area (Å²) in [5.41, 5.74) is 1.08. The lowest BCUT2D eigenvalue weighted by atomic mass is 9.98. The Balaban J connectivity index is 1.45. The van der Waals surface area contributed by atoms with Crippen molar-refractivity contribution < 1.29 is 8.42 Å². The van der Waals surface area contributed by atoms with Gasteiger partial charge in [-0.25, -0.2) is 8.42 Å². The van der Waals surface area contributed by atoms with E-state index in [1.165, 1.54) is 0 Å². The first-order chi connectivity index (χ1) is 14.0. The molecule has 0 aliphatic carbocycles. The molecule has 2 aromatic carbocycles. The predicted octanol–water partition coefficient (Wildman–Crippen LogP) is 3.11. The molecule has 3 rings (SSSR count). The van der Waals surface area contributed by atoms with Crippen LogP contribution in [0.15, 0.2) is 64.5 Å². The standard InChI is InChI=1S/C21H27ClN4O2S/c1-23-21(25-16-18-6-5-7-19(22)14-18)24-15-17-10-12-26(13-11-17)29(27,28)20-8-3-2-4-9-20/h2-9,14,17H,10-13,15-16H2,1H3,(H2,23,24,25). The number of hydrogen-bond donors (Lipinski definition) is 2. The summed E-state index contributed by atoms with van der Waals surface area (Å²) in [6, 6.07) is 16.3. The Hall–Kier alpha value is -2.09. The quantitative estimate of drug-likeness (QED) is 0.541. The average molecular weight is 435 g/mol. The van der Waals surface area contributed by atoms with Gasteiger partial charge in [0.05, 0.1) is 4.90 Å². The Morgan fingerprint density at radius 3 is 2.48 bits per heavy atom. The van der Waals surface area contributed by atoms with E-state index in [4.69, 9.17) is 11.6 Å². The van der Waals surface area contributed by atoms with Crippen molar-refractivity contribution in [2.45, 2.75) is 24.3 Å². The molecule has 8 heteroatoms. The fourth-order valence-electron chi connectivity index (χ4n) is 3.39. The van der Waals surface area contributed by atoms with Crippen LogP contribution in [-0.4, -0.2) is 45.4 Å². The van der Waals surface area contributed by atoms with E-state index < -0.39 is 10.0 Å². The molecule has 0 amide bonds. The van der Waals surface area contributed by atoms with Gasteiger partial charge < -0.3 is 10.6 Å². The minimum atomic E-state index is -3.40. The van der Waals surface area contributed by atoms with Gasteiger partial charge in [0.15, 0.2) is 5.96 Å². The lowest BCUT2D eigenvalue weighted by molar-refractivity contribution is 0.273. The molecule has 0 aromatic heterocycles. The summed E-state index contributed by atoms with van der Waals surface area (Å²) in [7, 11) is -1.66. The fourth-order valence-corrected chi connectivity index (χ4v) is 5.09. The summed E-state index contributed by atoms with van der Waals surface area (Å²) in [5.74, 6) is 1.13. The molecule has 2 aromatic rings. The van der Waals surface area contributed by atoms with Crippen LogP contribution in [-0.2, 0) is 16.6 Å². The predicted molar refractivity (Wildman–Crippen MR) is 118 cm³/mol. The van der Waals surface area contributed by atoms with Crippen molar-refractivity contribution in [2.24, 2.45) is 10.9 Å². The van der Waals surface area contributed by atoms with Gasteiger partial charge in [0.1, 0.15) is 0 Å². The van der Waals surface area contributed by atoms with Crippen molar-refractivity contribution in [1.82, 2.24) is 14.9 Å². The zero-order chi connectivity index (χ0) is 20.7. The van der Waals surface area contributed by atoms with E-state index >= 15 is 0 Å². The summed E-state index contributed by atoms with van der Waals surface area (Å²) in [6.45, 7) is 2.47. The van der Waals surface area contributed by atoms with Crippen molar-refractivity contribution in [1.29, 1.82) is 0 Å². The molecule has 0 unspecified atom stereocenters. The van der Waals surface area contributed by atoms with E-state index in [1.807, 2.05) is 30.3 Å². The smallest absolute Gasteiger partial charge is 0.243 e. The van der Waals surface area contributed by atoms with E-state index in [1.54, 1.807) is 35.6 Å². The highest BCUT2D eigenvalue weighted by atomic mass is 35.5. The monoisotopic (exact) mass is 434 g/mol. The number of nitrogens with one attached hydrogen (secondary N) is 2. The van der Waals surface area contributed by atoms with Gasteiger partial charge in [0.25, 0.3) is 0 Å². The topological polar surface area (TPSA) is 73.8 Å². The number of halogens is 1. The molecular weight excluding hydrogens is 408 g/mol. The number of aliphatic imine (C=N–C) groups is 1. The third-order valence-corrected chi connectivity index (χ3v) is 7.23. The highest BCUT2D eigenvalue weighted by Crippen LogP contribution is 2.23. The van der Waals surface area contributed by atoms with Crippen LogP contribution in [0.5, 0.6) is 0 Å². The summed E-state index contributed by atoms with van der Waals surface area (Å²) >= 11 is 6.02. The first kappa shape index (κ1) is 21.6. The molecule has 0 spiro atoms. The third-order valence-electron chi connectivity index (χ3n) is 5.09. The SMILES string of the molecule is CN=C(NCc1cccc(Cl)c1)NCC1CCN(S(=O)(=O)c2ccccc2)CC1. The van der Waals surface area contributed by atoms with Gasteiger partial charge in [-0.15, -0.1) is 0 Å². The maximum absolute atomic E-state index is 12.7. The molecule has 1 aliphatic heterocycles. The van der Waals surface area contributed by atoms with E-state index in [9.17, 15) is 8.42 Å². The fraction of sp³-hybridized carbons (Fsp3) is 0.381. The highest BCUT2D eigenvalue weighted by Gasteiger charge is 2.29. The summed E-state index contributed by atoms with van der Waals surface area (Å²) in [6.07, 6.45) is 1.65. The molecule has 2 N–H and O–H groups in total. The minimum Gasteiger partial charge on any atom is -0.356 e. The third kappa shape index (κ3) is 5.95. The van der Waals surface area contributed by atoms with Crippen molar-refractivity contribution in [3.63, 3.8) is 0 Å².